The molecule has 0 radical (unpaired) electrons. The van der Waals surface area contributed by atoms with Gasteiger partial charge in [-0.25, -0.2) is 59.2 Å². The number of aromatic amines is 3. The van der Waals surface area contributed by atoms with Gasteiger partial charge in [-0.1, -0.05) is 200 Å². The number of carbonyl (C=O) groups is 6. The number of H-pyrrole nitrogens is 3. The van der Waals surface area contributed by atoms with Crippen LogP contribution in [-0.4, -0.2) is 270 Å². The first-order valence-electron chi connectivity index (χ1n) is 49.1. The van der Waals surface area contributed by atoms with Crippen LogP contribution in [0.5, 0.6) is 0 Å². The Morgan fingerprint density at radius 1 is 0.487 bits per heavy atom. The number of nitrogens with one attached hydrogen (secondary N) is 8. The molecule has 0 unspecified atom stereocenters. The summed E-state index contributed by atoms with van der Waals surface area (Å²) in [6.45, 7) is 56.8. The Morgan fingerprint density at radius 3 is 1.35 bits per heavy atom. The molecule has 49 nitrogen and oxygen atoms in total. The Hall–Kier alpha value is -8.74. The van der Waals surface area contributed by atoms with Crippen LogP contribution in [0.2, 0.25) is 138 Å². The first-order chi connectivity index (χ1) is 69.3. The van der Waals surface area contributed by atoms with Crippen LogP contribution >= 0.6 is 39.1 Å². The summed E-state index contributed by atoms with van der Waals surface area (Å²) in [6, 6.07) is 8.60. The number of nitrogen functional groups attached to an aromatic ring is 1. The minimum atomic E-state index is -1.22. The molecule has 59 heteroatoms. The molecule has 2 fully saturated rings. The molecule has 0 saturated heterocycles. The van der Waals surface area contributed by atoms with Crippen LogP contribution < -0.4 is 129 Å². The van der Waals surface area contributed by atoms with Crippen LogP contribution in [0.15, 0.2) is 57.8 Å². The Morgan fingerprint density at radius 2 is 0.887 bits per heavy atom. The second-order valence-corrected chi connectivity index (χ2v) is 72.6. The van der Waals surface area contributed by atoms with Crippen molar-refractivity contribution in [2.45, 2.75) is 280 Å². The molecule has 2 saturated carbocycles. The van der Waals surface area contributed by atoms with Crippen molar-refractivity contribution in [2.75, 3.05) is 79.7 Å². The second-order valence-electron chi connectivity index (χ2n) is 42.8. The first-order valence-corrected chi connectivity index (χ1v) is 69.2. The van der Waals surface area contributed by atoms with E-state index in [4.69, 9.17) is 52.6 Å². The minimum Gasteiger partial charge on any atom is -1.00 e. The van der Waals surface area contributed by atoms with Crippen molar-refractivity contribution >= 4 is 206 Å². The Bertz CT molecular complexity index is 6530. The number of nitrogens with zero attached hydrogens (tertiary/aromatic N) is 25. The van der Waals surface area contributed by atoms with E-state index in [1.165, 1.54) is 54.4 Å². The fourth-order valence-corrected chi connectivity index (χ4v) is 19.2. The molecule has 14 heterocycles. The Kier molecular flexibility index (Phi) is 51.8. The number of carbonyl (C=O) groups excluding carboxylic acids is 6. The Balaban J connectivity index is 0.000000312. The van der Waals surface area contributed by atoms with E-state index in [1.54, 1.807) is 60.4 Å². The summed E-state index contributed by atoms with van der Waals surface area (Å²) in [7, 11) is -5.36. The number of hydrogen-bond donors (Lipinski definition) is 9. The third kappa shape index (κ3) is 38.7. The summed E-state index contributed by atoms with van der Waals surface area (Å²) in [5.74, 6) is -0.328. The number of amides is 4. The van der Waals surface area contributed by atoms with E-state index >= 15 is 0 Å². The summed E-state index contributed by atoms with van der Waals surface area (Å²) in [6.07, 6.45) is 16.1. The van der Waals surface area contributed by atoms with Gasteiger partial charge in [-0.05, 0) is 117 Å². The van der Waals surface area contributed by atoms with E-state index in [1.807, 2.05) is 20.8 Å². The molecule has 2 aliphatic heterocycles. The molecule has 4 aliphatic rings. The maximum atomic E-state index is 13.3. The minimum absolute atomic E-state index is 0. The topological polar surface area (TPSA) is 636 Å². The number of aromatic nitrogens is 27. The maximum absolute atomic E-state index is 13.3. The number of ether oxygens (including phenoxy) is 6. The van der Waals surface area contributed by atoms with Gasteiger partial charge < -0.3 is 67.6 Å². The molecule has 16 rings (SSSR count). The van der Waals surface area contributed by atoms with Crippen molar-refractivity contribution in [2.24, 2.45) is 23.7 Å². The molecule has 812 valence electrons. The second kappa shape index (κ2) is 59.8. The van der Waals surface area contributed by atoms with Gasteiger partial charge in [-0.2, -0.15) is 30.9 Å². The zero-order chi connectivity index (χ0) is 108. The molecule has 150 heavy (non-hydrogen) atoms. The molecule has 0 atom stereocenters. The molecule has 12 aromatic rings. The molecular formula is C91H145BrCl2KN34NaO15Si5. The summed E-state index contributed by atoms with van der Waals surface area (Å²) < 4.78 is 39.6. The van der Waals surface area contributed by atoms with Crippen LogP contribution in [-0.2, 0) is 72.4 Å². The van der Waals surface area contributed by atoms with E-state index < -0.39 is 63.6 Å². The van der Waals surface area contributed by atoms with Gasteiger partial charge in [0.1, 0.15) is 87.0 Å². The van der Waals surface area contributed by atoms with Gasteiger partial charge >= 0.3 is 92.9 Å². The third-order valence-electron chi connectivity index (χ3n) is 22.9. The zero-order valence-electron chi connectivity index (χ0n) is 92.1. The number of hydrogen-bond acceptors (Lipinski definition) is 38. The predicted molar refractivity (Wildman–Crippen MR) is 583 cm³/mol. The molecular weight excluding hydrogens is 2160 g/mol. The van der Waals surface area contributed by atoms with Crippen LogP contribution in [0.25, 0.3) is 55.8 Å². The number of anilines is 6. The summed E-state index contributed by atoms with van der Waals surface area (Å²) in [5.41, 5.74) is 9.37. The van der Waals surface area contributed by atoms with Crippen molar-refractivity contribution in [1.29, 1.82) is 0 Å². The number of fused-ring (bicyclic) bond motifs is 9. The van der Waals surface area contributed by atoms with Gasteiger partial charge in [-0.3, -0.25) is 52.4 Å². The SMILES string of the molecule is CC(C)C(=O)N(COCC[Si](C)(C)C)c1ncnc2c1nnn2COCC[Si](C)(C)C.CC(C)C(=O)Nc1ncnc2n[nH]nc12.CC(C)C(=O)OC(=O)C(C)C.CCOCC[Si](C)(C)C.C[Si](C)(C)CCOCNc1ncnc2c1nnn2COCC[Si](C)(C)C.Nc1ncnc2n[nH]nc12.O=C1NC2(CCCCC2)n2c1c(Cl)cc(Br)c2=O.O=C1NC2(CCCCC2)n2c1c(Cl)cc(Nc1ncnc3n[nH]nc13)c2=O.[H-].[K+].[Na+].[OH-]. The van der Waals surface area contributed by atoms with Gasteiger partial charge in [0, 0.05) is 91.8 Å². The first kappa shape index (κ1) is 130. The van der Waals surface area contributed by atoms with E-state index in [0.29, 0.717) is 140 Å². The molecule has 0 bridgehead atoms. The van der Waals surface area contributed by atoms with Gasteiger partial charge in [0.25, 0.3) is 22.9 Å². The van der Waals surface area contributed by atoms with Crippen LogP contribution in [0.4, 0.5) is 34.8 Å². The van der Waals surface area contributed by atoms with Crippen LogP contribution in [0.3, 0.4) is 0 Å². The zero-order valence-corrected chi connectivity index (χ0v) is 104. The van der Waals surface area contributed by atoms with Gasteiger partial charge in [-0.15, -0.1) is 25.5 Å². The molecule has 2 spiro atoms. The fraction of sp³-hybridized carbons (Fsp3) is 0.604. The van der Waals surface area contributed by atoms with E-state index in [2.05, 4.69) is 262 Å². The van der Waals surface area contributed by atoms with Crippen molar-refractivity contribution < 1.29 is 145 Å². The molecule has 2 aliphatic carbocycles. The maximum Gasteiger partial charge on any atom is 1.00 e. The molecule has 0 aromatic carbocycles. The smallest absolute Gasteiger partial charge is 1.00 e. The summed E-state index contributed by atoms with van der Waals surface area (Å²) in [4.78, 5) is 138. The summed E-state index contributed by atoms with van der Waals surface area (Å²) in [5, 5.41) is 62.4. The molecule has 4 amide bonds. The number of nitrogens with two attached hydrogens (primary N) is 1. The average Bonchev–Trinajstić information content (AvgIpc) is 1.58. The van der Waals surface area contributed by atoms with Crippen molar-refractivity contribution in [3.05, 3.63) is 90.4 Å². The number of esters is 2. The van der Waals surface area contributed by atoms with E-state index in [0.717, 1.165) is 102 Å². The van der Waals surface area contributed by atoms with Gasteiger partial charge in [0.05, 0.1) is 26.4 Å². The number of halogens is 3. The molecule has 11 N–H and O–H groups in total. The van der Waals surface area contributed by atoms with Crippen molar-refractivity contribution in [3.63, 3.8) is 0 Å². The average molecular weight is 2310 g/mol. The predicted octanol–water partition coefficient (Wildman–Crippen LogP) is 8.73. The standard InChI is InChI=1S/C20H38N6O3Si2.C16H15ClN8O2.C16H32N6O2Si2.C12H12BrClN2O2.C8H10N6O.C8H14O3.C7H18OSi.C4H4N6.K.Na.H2O.H/c1-16(2)20(27)25(14-28-9-11-30(3,4)5)18-17-19(22-13-21-18)26(24-23-17)15-29-10-12-31(6,7)8;17-8-6-9(20-12-10-13(19-7-18-12)23-24-22-10)15(27)25-11(8)14(26)21-16(25)4-2-1-3-5-16;1-25(2,3)9-7-23-12-19-15-14-16(18-11-17-15)22(21-20-14)13-24-8-10-26(4,5)6;13-7-6-8(14)9-10(17)15-12(16(9)11(7)18)4-2-1-3-5-12;1-4(2)8(15)11-6-5-7(10-3-9-6)13-14-12-5;1-5(2)7(9)11-8(10)6(3)4;1-5-8-6-7-9(2,3)4;5-3-2-4(7-1-6-3)9-10-8-2;;;;/h13,16H,9-12,14-15H2,1-8H3;6-7H,1-5H2,(H,21,26)(H2,18,19,20,22,23,24);11H,7-10,12-13H2,1-6H3,(H,17,18,19);6H,1-5H2,(H,15,17);3-4H,1-2H3,(H2,9,10,11,12,13,14,15);5-6H,1-4H3;5-7H2,1-4H3;1H,(H3,5,6,7,8,9,10);;;1H2;/q;;;;;;;;2*+1;;-1/p-1. The van der Waals surface area contributed by atoms with E-state index in [9.17, 15) is 38.4 Å². The molecule has 12 aromatic heterocycles. The quantitative estimate of drug-likeness (QED) is 0.00610. The van der Waals surface area contributed by atoms with Crippen LogP contribution in [0, 0.1) is 23.7 Å². The summed E-state index contributed by atoms with van der Waals surface area (Å²) >= 11 is 15.7. The Labute approximate surface area is 960 Å². The third-order valence-corrected chi connectivity index (χ3v) is 32.6. The normalized spacial score (nSPS) is 13.8. The van der Waals surface area contributed by atoms with Crippen molar-refractivity contribution in [3.8, 4) is 0 Å². The number of pyridine rings is 2. The van der Waals surface area contributed by atoms with E-state index in [-0.39, 0.29) is 176 Å². The monoisotopic (exact) mass is 2300 g/mol. The fourth-order valence-electron chi connectivity index (χ4n) is 14.3. The number of rotatable bonds is 33. The van der Waals surface area contributed by atoms with Crippen molar-refractivity contribution in [1.82, 2.24) is 146 Å². The van der Waals surface area contributed by atoms with Gasteiger partial charge in [0.2, 0.25) is 28.8 Å². The largest absolute Gasteiger partial charge is 1.00 e. The van der Waals surface area contributed by atoms with Crippen LogP contribution in [0.1, 0.15) is 149 Å². The van der Waals surface area contributed by atoms with Gasteiger partial charge in [0.15, 0.2) is 68.0 Å².